The lowest BCUT2D eigenvalue weighted by molar-refractivity contribution is 0.632. The van der Waals surface area contributed by atoms with Crippen LogP contribution >= 0.6 is 11.3 Å². The zero-order valence-corrected chi connectivity index (χ0v) is 8.45. The van der Waals surface area contributed by atoms with Gasteiger partial charge in [0.15, 0.2) is 0 Å². The zero-order valence-electron chi connectivity index (χ0n) is 7.63. The van der Waals surface area contributed by atoms with Gasteiger partial charge in [0, 0.05) is 15.8 Å². The quantitative estimate of drug-likeness (QED) is 0.746. The molecule has 1 aromatic heterocycles. The summed E-state index contributed by atoms with van der Waals surface area (Å²) in [7, 11) is 0. The van der Waals surface area contributed by atoms with Crippen LogP contribution in [0.15, 0.2) is 6.07 Å². The van der Waals surface area contributed by atoms with Gasteiger partial charge in [-0.1, -0.05) is 0 Å². The molecule has 0 bridgehead atoms. The van der Waals surface area contributed by atoms with Gasteiger partial charge in [0.2, 0.25) is 0 Å². The largest absolute Gasteiger partial charge is 0.324 e. The van der Waals surface area contributed by atoms with E-state index in [1.165, 1.54) is 28.2 Å². The summed E-state index contributed by atoms with van der Waals surface area (Å²) in [6.07, 6.45) is 2.66. The van der Waals surface area contributed by atoms with Gasteiger partial charge in [0.1, 0.15) is 0 Å². The smallest absolute Gasteiger partial charge is 0.0334 e. The second kappa shape index (κ2) is 2.86. The van der Waals surface area contributed by atoms with E-state index in [4.69, 9.17) is 5.73 Å². The van der Waals surface area contributed by atoms with Crippen molar-refractivity contribution in [3.05, 3.63) is 21.4 Å². The lowest BCUT2D eigenvalue weighted by Gasteiger charge is -2.08. The molecular formula is C10H15NS. The van der Waals surface area contributed by atoms with Gasteiger partial charge in [-0.25, -0.2) is 0 Å². The second-order valence-corrected chi connectivity index (χ2v) is 5.19. The Balaban J connectivity index is 2.25. The first-order valence-electron chi connectivity index (χ1n) is 4.51. The van der Waals surface area contributed by atoms with Crippen LogP contribution in [-0.4, -0.2) is 0 Å². The predicted molar refractivity (Wildman–Crippen MR) is 53.4 cm³/mol. The Bertz CT molecular complexity index is 286. The van der Waals surface area contributed by atoms with E-state index in [9.17, 15) is 0 Å². The molecule has 2 heteroatoms. The zero-order chi connectivity index (χ0) is 8.72. The molecule has 1 aliphatic rings. The van der Waals surface area contributed by atoms with Gasteiger partial charge in [-0.05, 0) is 44.2 Å². The third-order valence-corrected chi connectivity index (χ3v) is 3.55. The Morgan fingerprint density at radius 2 is 2.17 bits per heavy atom. The monoisotopic (exact) mass is 181 g/mol. The van der Waals surface area contributed by atoms with Crippen LogP contribution in [0, 0.1) is 19.8 Å². The topological polar surface area (TPSA) is 26.0 Å². The minimum Gasteiger partial charge on any atom is -0.324 e. The lowest BCUT2D eigenvalue weighted by atomic mass is 10.0. The molecule has 1 atom stereocenters. The highest BCUT2D eigenvalue weighted by molar-refractivity contribution is 7.12. The first-order chi connectivity index (χ1) is 5.68. The minimum atomic E-state index is 0.315. The van der Waals surface area contributed by atoms with Crippen LogP contribution in [0.1, 0.15) is 34.2 Å². The molecule has 0 aromatic carbocycles. The number of hydrogen-bond donors (Lipinski definition) is 1. The number of hydrogen-bond acceptors (Lipinski definition) is 2. The van der Waals surface area contributed by atoms with Crippen LogP contribution in [0.3, 0.4) is 0 Å². The van der Waals surface area contributed by atoms with Crippen molar-refractivity contribution in [1.82, 2.24) is 0 Å². The third-order valence-electron chi connectivity index (χ3n) is 2.57. The number of aryl methyl sites for hydroxylation is 2. The first-order valence-corrected chi connectivity index (χ1v) is 5.32. The summed E-state index contributed by atoms with van der Waals surface area (Å²) < 4.78 is 0. The fourth-order valence-electron chi connectivity index (χ4n) is 1.69. The van der Waals surface area contributed by atoms with E-state index in [2.05, 4.69) is 19.9 Å². The molecule has 1 unspecified atom stereocenters. The van der Waals surface area contributed by atoms with E-state index >= 15 is 0 Å². The number of rotatable bonds is 2. The van der Waals surface area contributed by atoms with Crippen molar-refractivity contribution < 1.29 is 0 Å². The lowest BCUT2D eigenvalue weighted by Crippen LogP contribution is -2.12. The van der Waals surface area contributed by atoms with Crippen LogP contribution in [0.5, 0.6) is 0 Å². The normalized spacial score (nSPS) is 19.6. The van der Waals surface area contributed by atoms with Gasteiger partial charge in [-0.2, -0.15) is 0 Å². The van der Waals surface area contributed by atoms with Gasteiger partial charge in [0.05, 0.1) is 0 Å². The summed E-state index contributed by atoms with van der Waals surface area (Å²) in [6, 6.07) is 2.57. The van der Waals surface area contributed by atoms with Gasteiger partial charge in [-0.3, -0.25) is 0 Å². The Hall–Kier alpha value is -0.340. The fraction of sp³-hybridized carbons (Fsp3) is 0.600. The van der Waals surface area contributed by atoms with E-state index in [1.54, 1.807) is 0 Å². The average Bonchev–Trinajstić information content (AvgIpc) is 2.77. The van der Waals surface area contributed by atoms with Crippen molar-refractivity contribution in [2.24, 2.45) is 11.7 Å². The van der Waals surface area contributed by atoms with Gasteiger partial charge in [-0.15, -0.1) is 11.3 Å². The van der Waals surface area contributed by atoms with Crippen LogP contribution in [-0.2, 0) is 0 Å². The molecule has 0 amide bonds. The number of thiophene rings is 1. The minimum absolute atomic E-state index is 0.315. The summed E-state index contributed by atoms with van der Waals surface area (Å²) in [5.41, 5.74) is 7.51. The third kappa shape index (κ3) is 1.41. The van der Waals surface area contributed by atoms with Crippen molar-refractivity contribution in [2.45, 2.75) is 32.7 Å². The molecule has 0 aliphatic heterocycles. The van der Waals surface area contributed by atoms with Crippen LogP contribution in [0.4, 0.5) is 0 Å². The van der Waals surface area contributed by atoms with Crippen molar-refractivity contribution >= 4 is 11.3 Å². The SMILES string of the molecule is Cc1cc(C(N)C2CC2)c(C)s1. The molecule has 2 rings (SSSR count). The molecular weight excluding hydrogens is 166 g/mol. The molecule has 0 spiro atoms. The van der Waals surface area contributed by atoms with Crippen molar-refractivity contribution in [1.29, 1.82) is 0 Å². The summed E-state index contributed by atoms with van der Waals surface area (Å²) in [4.78, 5) is 2.80. The summed E-state index contributed by atoms with van der Waals surface area (Å²) in [5, 5.41) is 0. The van der Waals surface area contributed by atoms with E-state index in [0.29, 0.717) is 6.04 Å². The van der Waals surface area contributed by atoms with Crippen LogP contribution < -0.4 is 5.73 Å². The molecule has 1 aromatic rings. The Kier molecular flexibility index (Phi) is 1.97. The maximum atomic E-state index is 6.12. The highest BCUT2D eigenvalue weighted by atomic mass is 32.1. The molecule has 12 heavy (non-hydrogen) atoms. The first kappa shape index (κ1) is 8.27. The van der Waals surface area contributed by atoms with E-state index in [0.717, 1.165) is 5.92 Å². The van der Waals surface area contributed by atoms with E-state index < -0.39 is 0 Å². The molecule has 2 N–H and O–H groups in total. The van der Waals surface area contributed by atoms with E-state index in [1.807, 2.05) is 11.3 Å². The van der Waals surface area contributed by atoms with E-state index in [-0.39, 0.29) is 0 Å². The fourth-order valence-corrected chi connectivity index (χ4v) is 2.67. The highest BCUT2D eigenvalue weighted by Crippen LogP contribution is 2.41. The van der Waals surface area contributed by atoms with Crippen molar-refractivity contribution in [3.63, 3.8) is 0 Å². The second-order valence-electron chi connectivity index (χ2n) is 3.73. The Morgan fingerprint density at radius 3 is 2.58 bits per heavy atom. The molecule has 1 aliphatic carbocycles. The molecule has 1 heterocycles. The molecule has 66 valence electrons. The standard InChI is InChI=1S/C10H15NS/c1-6-5-9(7(2)12-6)10(11)8-3-4-8/h5,8,10H,3-4,11H2,1-2H3. The highest BCUT2D eigenvalue weighted by Gasteiger charge is 2.30. The van der Waals surface area contributed by atoms with Crippen LogP contribution in [0.25, 0.3) is 0 Å². The summed E-state index contributed by atoms with van der Waals surface area (Å²) >= 11 is 1.86. The maximum absolute atomic E-state index is 6.12. The molecule has 1 saturated carbocycles. The summed E-state index contributed by atoms with van der Waals surface area (Å²) in [6.45, 7) is 4.33. The Morgan fingerprint density at radius 1 is 1.50 bits per heavy atom. The molecule has 1 nitrogen and oxygen atoms in total. The molecule has 1 fully saturated rings. The molecule has 0 saturated heterocycles. The van der Waals surface area contributed by atoms with Crippen LogP contribution in [0.2, 0.25) is 0 Å². The van der Waals surface area contributed by atoms with Crippen molar-refractivity contribution in [3.8, 4) is 0 Å². The number of nitrogens with two attached hydrogens (primary N) is 1. The van der Waals surface area contributed by atoms with Crippen molar-refractivity contribution in [2.75, 3.05) is 0 Å². The van der Waals surface area contributed by atoms with Gasteiger partial charge < -0.3 is 5.73 Å². The Labute approximate surface area is 77.6 Å². The maximum Gasteiger partial charge on any atom is 0.0334 e. The average molecular weight is 181 g/mol. The summed E-state index contributed by atoms with van der Waals surface area (Å²) in [5.74, 6) is 0.776. The van der Waals surface area contributed by atoms with Gasteiger partial charge in [0.25, 0.3) is 0 Å². The predicted octanol–water partition coefficient (Wildman–Crippen LogP) is 2.77. The van der Waals surface area contributed by atoms with Gasteiger partial charge >= 0.3 is 0 Å². The molecule has 0 radical (unpaired) electrons.